The molecule has 3 rings (SSSR count). The molecule has 1 aromatic heterocycles. The van der Waals surface area contributed by atoms with Gasteiger partial charge >= 0.3 is 0 Å². The lowest BCUT2D eigenvalue weighted by molar-refractivity contribution is -0.129. The van der Waals surface area contributed by atoms with E-state index < -0.39 is 18.8 Å². The van der Waals surface area contributed by atoms with E-state index in [1.54, 1.807) is 12.1 Å². The number of nitriles is 1. The van der Waals surface area contributed by atoms with Crippen molar-refractivity contribution in [2.45, 2.75) is 25.2 Å². The number of carbonyl (C=O) groups is 1. The third-order valence-electron chi connectivity index (χ3n) is 4.26. The Bertz CT molecular complexity index is 624. The van der Waals surface area contributed by atoms with Crippen LogP contribution in [0.15, 0.2) is 18.3 Å². The molecule has 9 heteroatoms. The number of hydrogen-bond acceptors (Lipinski definition) is 6. The smallest absolute Gasteiger partial charge is 0.254 e. The van der Waals surface area contributed by atoms with Gasteiger partial charge in [-0.3, -0.25) is 15.0 Å². The number of pyridine rings is 1. The lowest BCUT2D eigenvalue weighted by Crippen LogP contribution is -2.67. The molecule has 1 aromatic rings. The molecule has 2 atom stereocenters. The van der Waals surface area contributed by atoms with E-state index in [0.29, 0.717) is 31.7 Å². The quantitative estimate of drug-likeness (QED) is 0.815. The molecule has 2 unspecified atom stereocenters. The van der Waals surface area contributed by atoms with E-state index in [2.05, 4.69) is 20.5 Å². The molecule has 0 saturated carbocycles. The highest BCUT2D eigenvalue weighted by atomic mass is 19.3. The maximum atomic E-state index is 12.9. The summed E-state index contributed by atoms with van der Waals surface area (Å²) in [6.45, 7) is 2.53. The lowest BCUT2D eigenvalue weighted by atomic mass is 10.1. The van der Waals surface area contributed by atoms with Crippen LogP contribution in [0.5, 0.6) is 0 Å². The first-order valence-electron chi connectivity index (χ1n) is 7.75. The Labute approximate surface area is 138 Å². The minimum absolute atomic E-state index is 0.205. The van der Waals surface area contributed by atoms with Gasteiger partial charge < -0.3 is 10.2 Å². The summed E-state index contributed by atoms with van der Waals surface area (Å²) >= 11 is 0. The van der Waals surface area contributed by atoms with Gasteiger partial charge in [-0.05, 0) is 12.1 Å². The van der Waals surface area contributed by atoms with Gasteiger partial charge in [-0.2, -0.15) is 5.26 Å². The van der Waals surface area contributed by atoms with Crippen molar-refractivity contribution in [3.63, 3.8) is 0 Å². The number of aromatic nitrogens is 1. The van der Waals surface area contributed by atoms with E-state index in [1.165, 1.54) is 6.20 Å². The topological polar surface area (TPSA) is 84.3 Å². The van der Waals surface area contributed by atoms with Gasteiger partial charge in [0.25, 0.3) is 6.43 Å². The van der Waals surface area contributed by atoms with Crippen molar-refractivity contribution in [2.24, 2.45) is 0 Å². The molecule has 0 aliphatic carbocycles. The fourth-order valence-electron chi connectivity index (χ4n) is 2.92. The fraction of sp³-hybridized carbons (Fsp3) is 0.533. The molecular weight excluding hydrogens is 318 g/mol. The van der Waals surface area contributed by atoms with E-state index in [0.717, 1.165) is 5.82 Å². The molecule has 0 radical (unpaired) electrons. The number of carbonyl (C=O) groups excluding carboxylic acids is 1. The highest BCUT2D eigenvalue weighted by molar-refractivity contribution is 5.77. The van der Waals surface area contributed by atoms with E-state index in [9.17, 15) is 13.6 Å². The summed E-state index contributed by atoms with van der Waals surface area (Å²) < 4.78 is 25.8. The summed E-state index contributed by atoms with van der Waals surface area (Å²) in [7, 11) is 0. The number of piperazine rings is 1. The third-order valence-corrected chi connectivity index (χ3v) is 4.26. The third kappa shape index (κ3) is 3.60. The number of rotatable bonds is 3. The Kier molecular flexibility index (Phi) is 4.87. The van der Waals surface area contributed by atoms with Crippen molar-refractivity contribution in [3.8, 4) is 6.07 Å². The van der Waals surface area contributed by atoms with Gasteiger partial charge in [0.1, 0.15) is 18.2 Å². The highest BCUT2D eigenvalue weighted by Crippen LogP contribution is 2.17. The van der Waals surface area contributed by atoms with Gasteiger partial charge in [-0.15, -0.1) is 0 Å². The summed E-state index contributed by atoms with van der Waals surface area (Å²) in [6, 6.07) is 4.42. The second-order valence-electron chi connectivity index (χ2n) is 5.82. The van der Waals surface area contributed by atoms with Crippen molar-refractivity contribution < 1.29 is 13.6 Å². The Morgan fingerprint density at radius 1 is 1.29 bits per heavy atom. The van der Waals surface area contributed by atoms with Gasteiger partial charge in [0.2, 0.25) is 5.91 Å². The molecule has 0 spiro atoms. The molecule has 2 N–H and O–H groups in total. The van der Waals surface area contributed by atoms with Gasteiger partial charge in [0.05, 0.1) is 11.6 Å². The Morgan fingerprint density at radius 3 is 2.62 bits per heavy atom. The average molecular weight is 336 g/mol. The number of nitrogens with zero attached hydrogens (tertiary/aromatic N) is 4. The SMILES string of the molecule is N#Cc1ccc(N2CCN(C3NC(=O)CC(C(F)F)N3)CC2)nc1. The van der Waals surface area contributed by atoms with Crippen LogP contribution in [0.4, 0.5) is 14.6 Å². The number of alkyl halides is 2. The van der Waals surface area contributed by atoms with Crippen LogP contribution in [0.2, 0.25) is 0 Å². The summed E-state index contributed by atoms with van der Waals surface area (Å²) in [5, 5.41) is 14.3. The molecule has 24 heavy (non-hydrogen) atoms. The second kappa shape index (κ2) is 7.07. The summed E-state index contributed by atoms with van der Waals surface area (Å²) in [5.74, 6) is 0.417. The van der Waals surface area contributed by atoms with E-state index >= 15 is 0 Å². The molecule has 2 aliphatic heterocycles. The molecule has 0 bridgehead atoms. The molecular formula is C15H18F2N6O. The zero-order valence-electron chi connectivity index (χ0n) is 13.0. The van der Waals surface area contributed by atoms with Crippen molar-refractivity contribution in [3.05, 3.63) is 23.9 Å². The average Bonchev–Trinajstić information content (AvgIpc) is 2.61. The fourth-order valence-corrected chi connectivity index (χ4v) is 2.92. The Balaban J connectivity index is 1.58. The standard InChI is InChI=1S/C15H18F2N6O/c16-14(17)11-7-13(24)21-15(20-11)23-5-3-22(4-6-23)12-2-1-10(8-18)9-19-12/h1-2,9,11,14-15,20H,3-7H2,(H,21,24). The zero-order chi connectivity index (χ0) is 17.1. The van der Waals surface area contributed by atoms with Gasteiger partial charge in [-0.25, -0.2) is 13.8 Å². The van der Waals surface area contributed by atoms with Crippen LogP contribution in [0.3, 0.4) is 0 Å². The van der Waals surface area contributed by atoms with Crippen molar-refractivity contribution in [2.75, 3.05) is 31.1 Å². The Hall–Kier alpha value is -2.31. The summed E-state index contributed by atoms with van der Waals surface area (Å²) in [5.41, 5.74) is 0.504. The molecule has 128 valence electrons. The molecule has 7 nitrogen and oxygen atoms in total. The highest BCUT2D eigenvalue weighted by Gasteiger charge is 2.35. The monoisotopic (exact) mass is 336 g/mol. The molecule has 3 heterocycles. The minimum Gasteiger partial charge on any atom is -0.354 e. The summed E-state index contributed by atoms with van der Waals surface area (Å²) in [4.78, 5) is 19.9. The van der Waals surface area contributed by atoms with Gasteiger partial charge in [0.15, 0.2) is 0 Å². The van der Waals surface area contributed by atoms with Crippen LogP contribution in [0.1, 0.15) is 12.0 Å². The first kappa shape index (κ1) is 16.5. The largest absolute Gasteiger partial charge is 0.354 e. The molecule has 1 amide bonds. The van der Waals surface area contributed by atoms with Crippen molar-refractivity contribution in [1.29, 1.82) is 5.26 Å². The van der Waals surface area contributed by atoms with Gasteiger partial charge in [-0.1, -0.05) is 0 Å². The molecule has 2 fully saturated rings. The molecule has 0 aromatic carbocycles. The summed E-state index contributed by atoms with van der Waals surface area (Å²) in [6.07, 6.45) is -1.81. The predicted molar refractivity (Wildman–Crippen MR) is 82.2 cm³/mol. The maximum Gasteiger partial charge on any atom is 0.254 e. The second-order valence-corrected chi connectivity index (χ2v) is 5.82. The lowest BCUT2D eigenvalue weighted by Gasteiger charge is -2.43. The van der Waals surface area contributed by atoms with E-state index in [1.807, 2.05) is 11.0 Å². The van der Waals surface area contributed by atoms with Crippen LogP contribution < -0.4 is 15.5 Å². The Morgan fingerprint density at radius 2 is 2.04 bits per heavy atom. The van der Waals surface area contributed by atoms with Crippen LogP contribution in [0, 0.1) is 11.3 Å². The van der Waals surface area contributed by atoms with Crippen LogP contribution >= 0.6 is 0 Å². The number of halogens is 2. The number of anilines is 1. The van der Waals surface area contributed by atoms with Gasteiger partial charge in [0, 0.05) is 38.8 Å². The zero-order valence-corrected chi connectivity index (χ0v) is 13.0. The predicted octanol–water partition coefficient (Wildman–Crippen LogP) is 0.102. The number of nitrogens with one attached hydrogen (secondary N) is 2. The van der Waals surface area contributed by atoms with Crippen LogP contribution in [-0.4, -0.2) is 60.7 Å². The number of amides is 1. The minimum atomic E-state index is -2.57. The molecule has 2 saturated heterocycles. The van der Waals surface area contributed by atoms with E-state index in [-0.39, 0.29) is 12.3 Å². The molecule has 2 aliphatic rings. The normalized spacial score (nSPS) is 25.4. The number of hydrogen-bond donors (Lipinski definition) is 2. The first-order valence-corrected chi connectivity index (χ1v) is 7.75. The van der Waals surface area contributed by atoms with Crippen LogP contribution in [0.25, 0.3) is 0 Å². The van der Waals surface area contributed by atoms with Crippen LogP contribution in [-0.2, 0) is 4.79 Å². The maximum absolute atomic E-state index is 12.9. The van der Waals surface area contributed by atoms with Crippen molar-refractivity contribution in [1.82, 2.24) is 20.5 Å². The van der Waals surface area contributed by atoms with E-state index in [4.69, 9.17) is 5.26 Å². The van der Waals surface area contributed by atoms with Crippen molar-refractivity contribution >= 4 is 11.7 Å². The first-order chi connectivity index (χ1) is 11.6.